The number of aromatic amines is 1. The minimum Gasteiger partial charge on any atom is -0.370 e. The predicted octanol–water partition coefficient (Wildman–Crippen LogP) is 1.83. The van der Waals surface area contributed by atoms with Gasteiger partial charge in [0.2, 0.25) is 0 Å². The second-order valence-corrected chi connectivity index (χ2v) is 5.31. The van der Waals surface area contributed by atoms with Gasteiger partial charge in [-0.3, -0.25) is 9.88 Å². The number of anilines is 1. The highest BCUT2D eigenvalue weighted by Gasteiger charge is 2.16. The fraction of sp³-hybridized carbons (Fsp3) is 0.467. The number of aromatic nitrogens is 3. The summed E-state index contributed by atoms with van der Waals surface area (Å²) in [4.78, 5) is 16.6. The molecule has 0 radical (unpaired) electrons. The van der Waals surface area contributed by atoms with Crippen molar-refractivity contribution in [3.63, 3.8) is 0 Å². The topological polar surface area (TPSA) is 48.1 Å². The van der Waals surface area contributed by atoms with Crippen LogP contribution in [0.15, 0.2) is 30.9 Å². The van der Waals surface area contributed by atoms with Crippen LogP contribution in [0.2, 0.25) is 0 Å². The first-order chi connectivity index (χ1) is 9.83. The van der Waals surface area contributed by atoms with Gasteiger partial charge in [0.15, 0.2) is 0 Å². The molecule has 0 amide bonds. The van der Waals surface area contributed by atoms with E-state index in [1.807, 2.05) is 24.8 Å². The molecule has 0 aliphatic carbocycles. The van der Waals surface area contributed by atoms with Gasteiger partial charge >= 0.3 is 0 Å². The van der Waals surface area contributed by atoms with E-state index < -0.39 is 0 Å². The Balaban J connectivity index is 1.63. The minimum absolute atomic E-state index is 0.913. The van der Waals surface area contributed by atoms with E-state index in [9.17, 15) is 0 Å². The average molecular weight is 271 g/mol. The molecule has 20 heavy (non-hydrogen) atoms. The zero-order chi connectivity index (χ0) is 13.8. The van der Waals surface area contributed by atoms with Gasteiger partial charge in [-0.15, -0.1) is 0 Å². The van der Waals surface area contributed by atoms with Crippen molar-refractivity contribution in [2.24, 2.45) is 0 Å². The van der Waals surface area contributed by atoms with Crippen molar-refractivity contribution >= 4 is 5.69 Å². The third-order valence-electron chi connectivity index (χ3n) is 3.85. The molecule has 3 heterocycles. The molecule has 1 aliphatic heterocycles. The van der Waals surface area contributed by atoms with Gasteiger partial charge in [0, 0.05) is 56.7 Å². The van der Waals surface area contributed by atoms with Crippen LogP contribution in [0.3, 0.4) is 0 Å². The maximum Gasteiger partial charge on any atom is 0.120 e. The van der Waals surface area contributed by atoms with Gasteiger partial charge in [0.05, 0.1) is 6.54 Å². The van der Waals surface area contributed by atoms with Crippen molar-refractivity contribution in [1.29, 1.82) is 0 Å². The van der Waals surface area contributed by atoms with E-state index in [1.54, 1.807) is 0 Å². The van der Waals surface area contributed by atoms with Crippen LogP contribution in [0.4, 0.5) is 5.69 Å². The number of rotatable bonds is 3. The van der Waals surface area contributed by atoms with Crippen LogP contribution in [0, 0.1) is 6.92 Å². The first-order valence-corrected chi connectivity index (χ1v) is 7.19. The summed E-state index contributed by atoms with van der Waals surface area (Å²) in [5.41, 5.74) is 2.58. The zero-order valence-corrected chi connectivity index (χ0v) is 11.9. The Kier molecular flexibility index (Phi) is 3.97. The summed E-state index contributed by atoms with van der Waals surface area (Å²) >= 11 is 0. The summed E-state index contributed by atoms with van der Waals surface area (Å²) in [7, 11) is 0. The van der Waals surface area contributed by atoms with Gasteiger partial charge < -0.3 is 9.88 Å². The molecule has 0 unspecified atom stereocenters. The van der Waals surface area contributed by atoms with Crippen LogP contribution in [0.25, 0.3) is 0 Å². The number of hydrogen-bond donors (Lipinski definition) is 1. The lowest BCUT2D eigenvalue weighted by atomic mass is 10.2. The minimum atomic E-state index is 0.913. The van der Waals surface area contributed by atoms with Crippen molar-refractivity contribution in [2.45, 2.75) is 19.9 Å². The SMILES string of the molecule is Cc1cnccc1N1CCCN(Cc2ncc[nH]2)CC1. The largest absolute Gasteiger partial charge is 0.370 e. The lowest BCUT2D eigenvalue weighted by molar-refractivity contribution is 0.279. The molecule has 2 aromatic heterocycles. The molecular weight excluding hydrogens is 250 g/mol. The van der Waals surface area contributed by atoms with E-state index >= 15 is 0 Å². The predicted molar refractivity (Wildman–Crippen MR) is 79.7 cm³/mol. The lowest BCUT2D eigenvalue weighted by Crippen LogP contribution is -2.31. The maximum atomic E-state index is 4.31. The number of imidazole rings is 1. The van der Waals surface area contributed by atoms with Crippen LogP contribution in [0.1, 0.15) is 17.8 Å². The van der Waals surface area contributed by atoms with Crippen LogP contribution in [0.5, 0.6) is 0 Å². The fourth-order valence-electron chi connectivity index (χ4n) is 2.79. The van der Waals surface area contributed by atoms with Crippen LogP contribution in [-0.4, -0.2) is 46.0 Å². The third-order valence-corrected chi connectivity index (χ3v) is 3.85. The summed E-state index contributed by atoms with van der Waals surface area (Å²) in [6.07, 6.45) is 8.72. The molecule has 0 aromatic carbocycles. The molecule has 5 nitrogen and oxygen atoms in total. The quantitative estimate of drug-likeness (QED) is 0.925. The molecule has 1 aliphatic rings. The standard InChI is InChI=1S/C15H21N5/c1-13-11-16-4-3-14(13)20-8-2-7-19(9-10-20)12-15-17-5-6-18-15/h3-6,11H,2,7-10,12H2,1H3,(H,17,18). The Bertz CT molecular complexity index is 537. The first-order valence-electron chi connectivity index (χ1n) is 7.19. The zero-order valence-electron chi connectivity index (χ0n) is 11.9. The summed E-state index contributed by atoms with van der Waals surface area (Å²) in [5.74, 6) is 1.05. The summed E-state index contributed by atoms with van der Waals surface area (Å²) in [6.45, 7) is 7.42. The number of nitrogens with one attached hydrogen (secondary N) is 1. The van der Waals surface area contributed by atoms with Crippen molar-refractivity contribution in [3.05, 3.63) is 42.2 Å². The molecule has 0 saturated carbocycles. The second kappa shape index (κ2) is 6.05. The number of H-pyrrole nitrogens is 1. The Morgan fingerprint density at radius 2 is 2.15 bits per heavy atom. The van der Waals surface area contributed by atoms with Gasteiger partial charge in [-0.1, -0.05) is 0 Å². The Labute approximate surface area is 119 Å². The Hall–Kier alpha value is -1.88. The Morgan fingerprint density at radius 1 is 1.20 bits per heavy atom. The number of aryl methyl sites for hydroxylation is 1. The number of hydrogen-bond acceptors (Lipinski definition) is 4. The summed E-state index contributed by atoms with van der Waals surface area (Å²) in [5, 5.41) is 0. The molecular formula is C15H21N5. The van der Waals surface area contributed by atoms with Crippen molar-refractivity contribution in [3.8, 4) is 0 Å². The van der Waals surface area contributed by atoms with Crippen LogP contribution < -0.4 is 4.90 Å². The van der Waals surface area contributed by atoms with E-state index in [2.05, 4.69) is 37.7 Å². The normalized spacial score (nSPS) is 17.1. The highest BCUT2D eigenvalue weighted by atomic mass is 15.2. The van der Waals surface area contributed by atoms with Gasteiger partial charge in [0.25, 0.3) is 0 Å². The molecule has 1 saturated heterocycles. The highest BCUT2D eigenvalue weighted by Crippen LogP contribution is 2.20. The third kappa shape index (κ3) is 2.99. The highest BCUT2D eigenvalue weighted by molar-refractivity contribution is 5.51. The molecule has 0 bridgehead atoms. The van der Waals surface area contributed by atoms with Crippen LogP contribution >= 0.6 is 0 Å². The smallest absolute Gasteiger partial charge is 0.120 e. The van der Waals surface area contributed by atoms with E-state index in [4.69, 9.17) is 0 Å². The molecule has 1 N–H and O–H groups in total. The molecule has 106 valence electrons. The molecule has 0 spiro atoms. The number of pyridine rings is 1. The molecule has 3 rings (SSSR count). The summed E-state index contributed by atoms with van der Waals surface area (Å²) in [6, 6.07) is 2.12. The van der Waals surface area contributed by atoms with Gasteiger partial charge in [-0.2, -0.15) is 0 Å². The van der Waals surface area contributed by atoms with Gasteiger partial charge in [0.1, 0.15) is 5.82 Å². The molecule has 0 atom stereocenters. The van der Waals surface area contributed by atoms with Gasteiger partial charge in [-0.05, 0) is 25.0 Å². The fourth-order valence-corrected chi connectivity index (χ4v) is 2.79. The van der Waals surface area contributed by atoms with E-state index in [0.29, 0.717) is 0 Å². The first kappa shape index (κ1) is 13.1. The molecule has 1 fully saturated rings. The summed E-state index contributed by atoms with van der Waals surface area (Å²) < 4.78 is 0. The van der Waals surface area contributed by atoms with Gasteiger partial charge in [-0.25, -0.2) is 4.98 Å². The Morgan fingerprint density at radius 3 is 2.95 bits per heavy atom. The second-order valence-electron chi connectivity index (χ2n) is 5.31. The van der Waals surface area contributed by atoms with Crippen molar-refractivity contribution in [1.82, 2.24) is 19.9 Å². The maximum absolute atomic E-state index is 4.31. The number of nitrogens with zero attached hydrogens (tertiary/aromatic N) is 4. The van der Waals surface area contributed by atoms with Crippen molar-refractivity contribution < 1.29 is 0 Å². The monoisotopic (exact) mass is 271 g/mol. The lowest BCUT2D eigenvalue weighted by Gasteiger charge is -2.24. The van der Waals surface area contributed by atoms with Crippen molar-refractivity contribution in [2.75, 3.05) is 31.1 Å². The molecule has 2 aromatic rings. The van der Waals surface area contributed by atoms with E-state index in [-0.39, 0.29) is 0 Å². The molecule has 5 heteroatoms. The average Bonchev–Trinajstić information content (AvgIpc) is 2.85. The van der Waals surface area contributed by atoms with E-state index in [0.717, 1.165) is 38.5 Å². The van der Waals surface area contributed by atoms with E-state index in [1.165, 1.54) is 17.7 Å². The van der Waals surface area contributed by atoms with Crippen LogP contribution in [-0.2, 0) is 6.54 Å².